The second kappa shape index (κ2) is 8.36. The van der Waals surface area contributed by atoms with Crippen LogP contribution < -0.4 is 5.73 Å². The van der Waals surface area contributed by atoms with Crippen LogP contribution in [-0.2, 0) is 0 Å². The summed E-state index contributed by atoms with van der Waals surface area (Å²) >= 11 is 0. The number of nitriles is 1. The Hall–Kier alpha value is -1.24. The van der Waals surface area contributed by atoms with Gasteiger partial charge >= 0.3 is 0 Å². The summed E-state index contributed by atoms with van der Waals surface area (Å²) < 4.78 is 0. The summed E-state index contributed by atoms with van der Waals surface area (Å²) in [6, 6.07) is 0. The molecule has 0 aliphatic heterocycles. The first-order valence-electron chi connectivity index (χ1n) is 5.23. The Balaban J connectivity index is 4.09. The maximum absolute atomic E-state index is 8.39. The molecule has 0 saturated heterocycles. The van der Waals surface area contributed by atoms with Crippen LogP contribution in [0.3, 0.4) is 0 Å². The molecule has 0 saturated carbocycles. The smallest absolute Gasteiger partial charge is 0.209 e. The lowest BCUT2D eigenvalue weighted by atomic mass is 10.3. The highest BCUT2D eigenvalue weighted by Crippen LogP contribution is 1.98. The molecule has 0 rings (SSSR count). The SMILES string of the molecule is CCCCN(CCCC)C(N)=NC#N. The highest BCUT2D eigenvalue weighted by atomic mass is 15.2. The Morgan fingerprint density at radius 2 is 1.79 bits per heavy atom. The van der Waals surface area contributed by atoms with Crippen LogP contribution >= 0.6 is 0 Å². The summed E-state index contributed by atoms with van der Waals surface area (Å²) in [5.41, 5.74) is 5.66. The minimum atomic E-state index is 0.356. The number of nitrogens with two attached hydrogens (primary N) is 1. The standard InChI is InChI=1S/C10H20N4/c1-3-5-7-14(8-6-4-2)10(12)13-9-11/h3-8H2,1-2H3,(H2,12,13). The van der Waals surface area contributed by atoms with E-state index in [-0.39, 0.29) is 0 Å². The quantitative estimate of drug-likeness (QED) is 0.399. The van der Waals surface area contributed by atoms with Crippen molar-refractivity contribution in [3.05, 3.63) is 0 Å². The molecule has 0 aromatic rings. The molecule has 4 nitrogen and oxygen atoms in total. The first-order valence-corrected chi connectivity index (χ1v) is 5.23. The molecule has 0 aromatic heterocycles. The Morgan fingerprint density at radius 3 is 2.14 bits per heavy atom. The van der Waals surface area contributed by atoms with Gasteiger partial charge in [-0.3, -0.25) is 0 Å². The minimum Gasteiger partial charge on any atom is -0.369 e. The topological polar surface area (TPSA) is 65.4 Å². The molecule has 0 fully saturated rings. The average Bonchev–Trinajstić information content (AvgIpc) is 2.18. The largest absolute Gasteiger partial charge is 0.369 e. The number of nitrogens with zero attached hydrogens (tertiary/aromatic N) is 3. The molecule has 0 bridgehead atoms. The fourth-order valence-corrected chi connectivity index (χ4v) is 1.16. The highest BCUT2D eigenvalue weighted by Gasteiger charge is 2.05. The number of aliphatic imine (C=N–C) groups is 1. The van der Waals surface area contributed by atoms with Crippen molar-refractivity contribution >= 4 is 5.96 Å². The van der Waals surface area contributed by atoms with Crippen LogP contribution in [0.2, 0.25) is 0 Å². The van der Waals surface area contributed by atoms with Gasteiger partial charge in [-0.05, 0) is 12.8 Å². The summed E-state index contributed by atoms with van der Waals surface area (Å²) in [6.07, 6.45) is 6.15. The van der Waals surface area contributed by atoms with Crippen molar-refractivity contribution in [3.63, 3.8) is 0 Å². The molecule has 0 atom stereocenters. The first kappa shape index (κ1) is 12.8. The summed E-state index contributed by atoms with van der Waals surface area (Å²) in [7, 11) is 0. The zero-order valence-electron chi connectivity index (χ0n) is 9.16. The molecule has 0 radical (unpaired) electrons. The van der Waals surface area contributed by atoms with E-state index in [0.29, 0.717) is 5.96 Å². The van der Waals surface area contributed by atoms with E-state index in [1.807, 2.05) is 4.90 Å². The third-order valence-corrected chi connectivity index (χ3v) is 2.05. The predicted molar refractivity (Wildman–Crippen MR) is 58.6 cm³/mol. The number of guanidine groups is 1. The summed E-state index contributed by atoms with van der Waals surface area (Å²) in [4.78, 5) is 5.54. The third-order valence-electron chi connectivity index (χ3n) is 2.05. The van der Waals surface area contributed by atoms with Crippen LogP contribution in [0.1, 0.15) is 39.5 Å². The molecule has 0 amide bonds. The van der Waals surface area contributed by atoms with Crippen LogP contribution in [0.5, 0.6) is 0 Å². The Labute approximate surface area is 86.4 Å². The fourth-order valence-electron chi connectivity index (χ4n) is 1.16. The average molecular weight is 196 g/mol. The number of hydrogen-bond donors (Lipinski definition) is 1. The van der Waals surface area contributed by atoms with Gasteiger partial charge in [0.15, 0.2) is 0 Å². The lowest BCUT2D eigenvalue weighted by molar-refractivity contribution is 0.394. The maximum Gasteiger partial charge on any atom is 0.209 e. The van der Waals surface area contributed by atoms with E-state index in [9.17, 15) is 0 Å². The molecule has 0 unspecified atom stereocenters. The van der Waals surface area contributed by atoms with Gasteiger partial charge in [0.2, 0.25) is 12.2 Å². The maximum atomic E-state index is 8.39. The van der Waals surface area contributed by atoms with Gasteiger partial charge in [-0.25, -0.2) is 0 Å². The molecule has 80 valence electrons. The summed E-state index contributed by atoms with van der Waals surface area (Å²) in [6.45, 7) is 6.06. The summed E-state index contributed by atoms with van der Waals surface area (Å²) in [5, 5.41) is 8.39. The Morgan fingerprint density at radius 1 is 1.29 bits per heavy atom. The normalized spacial score (nSPS) is 11.1. The van der Waals surface area contributed by atoms with Crippen molar-refractivity contribution in [2.45, 2.75) is 39.5 Å². The highest BCUT2D eigenvalue weighted by molar-refractivity contribution is 5.78. The molecule has 0 heterocycles. The van der Waals surface area contributed by atoms with Crippen molar-refractivity contribution in [3.8, 4) is 6.19 Å². The molecule has 4 heteroatoms. The number of hydrogen-bond acceptors (Lipinski definition) is 2. The van der Waals surface area contributed by atoms with Crippen LogP contribution in [0.15, 0.2) is 4.99 Å². The Kier molecular flexibility index (Phi) is 7.62. The lowest BCUT2D eigenvalue weighted by Crippen LogP contribution is -2.38. The van der Waals surface area contributed by atoms with Gasteiger partial charge in [-0.15, -0.1) is 4.99 Å². The second-order valence-electron chi connectivity index (χ2n) is 3.26. The first-order chi connectivity index (χ1) is 6.76. The van der Waals surface area contributed by atoms with Crippen molar-refractivity contribution in [2.24, 2.45) is 10.7 Å². The second-order valence-corrected chi connectivity index (χ2v) is 3.26. The molecule has 0 aliphatic carbocycles. The van der Waals surface area contributed by atoms with E-state index in [2.05, 4.69) is 18.8 Å². The van der Waals surface area contributed by atoms with E-state index in [1.165, 1.54) is 0 Å². The van der Waals surface area contributed by atoms with E-state index < -0.39 is 0 Å². The molecule has 0 aliphatic rings. The molecular formula is C10H20N4. The van der Waals surface area contributed by atoms with Gasteiger partial charge in [0.1, 0.15) is 0 Å². The minimum absolute atomic E-state index is 0.356. The van der Waals surface area contributed by atoms with E-state index >= 15 is 0 Å². The molecule has 0 aromatic carbocycles. The van der Waals surface area contributed by atoms with Crippen molar-refractivity contribution in [2.75, 3.05) is 13.1 Å². The number of unbranched alkanes of at least 4 members (excludes halogenated alkanes) is 2. The van der Waals surface area contributed by atoms with Gasteiger partial charge in [-0.1, -0.05) is 26.7 Å². The van der Waals surface area contributed by atoms with Gasteiger partial charge in [0.25, 0.3) is 0 Å². The van der Waals surface area contributed by atoms with E-state index in [1.54, 1.807) is 6.19 Å². The van der Waals surface area contributed by atoms with Gasteiger partial charge < -0.3 is 10.6 Å². The molecular weight excluding hydrogens is 176 g/mol. The monoisotopic (exact) mass is 196 g/mol. The van der Waals surface area contributed by atoms with Crippen molar-refractivity contribution in [1.29, 1.82) is 5.26 Å². The predicted octanol–water partition coefficient (Wildman–Crippen LogP) is 1.68. The molecule has 2 N–H and O–H groups in total. The van der Waals surface area contributed by atoms with Crippen LogP contribution in [0, 0.1) is 11.5 Å². The molecule has 0 spiro atoms. The molecule has 14 heavy (non-hydrogen) atoms. The van der Waals surface area contributed by atoms with Crippen molar-refractivity contribution in [1.82, 2.24) is 4.90 Å². The van der Waals surface area contributed by atoms with E-state index in [0.717, 1.165) is 38.8 Å². The van der Waals surface area contributed by atoms with E-state index in [4.69, 9.17) is 11.0 Å². The fraction of sp³-hybridized carbons (Fsp3) is 0.800. The third kappa shape index (κ3) is 5.41. The van der Waals surface area contributed by atoms with Gasteiger partial charge in [-0.2, -0.15) is 5.26 Å². The Bertz CT molecular complexity index is 197. The van der Waals surface area contributed by atoms with Crippen LogP contribution in [-0.4, -0.2) is 23.9 Å². The number of rotatable bonds is 6. The van der Waals surface area contributed by atoms with Crippen LogP contribution in [0.25, 0.3) is 0 Å². The zero-order chi connectivity index (χ0) is 10.8. The van der Waals surface area contributed by atoms with Crippen LogP contribution in [0.4, 0.5) is 0 Å². The zero-order valence-corrected chi connectivity index (χ0v) is 9.16. The summed E-state index contributed by atoms with van der Waals surface area (Å²) in [5.74, 6) is 0.356. The lowest BCUT2D eigenvalue weighted by Gasteiger charge is -2.22. The van der Waals surface area contributed by atoms with Gasteiger partial charge in [0.05, 0.1) is 0 Å². The van der Waals surface area contributed by atoms with Gasteiger partial charge in [0, 0.05) is 13.1 Å². The van der Waals surface area contributed by atoms with Crippen molar-refractivity contribution < 1.29 is 0 Å².